The molecule has 106 valence electrons. The van der Waals surface area contributed by atoms with Gasteiger partial charge in [-0.1, -0.05) is 18.2 Å². The van der Waals surface area contributed by atoms with Crippen LogP contribution in [0.25, 0.3) is 10.9 Å². The van der Waals surface area contributed by atoms with Gasteiger partial charge in [0.1, 0.15) is 17.4 Å². The zero-order chi connectivity index (χ0) is 14.2. The number of rotatable bonds is 3. The van der Waals surface area contributed by atoms with Crippen molar-refractivity contribution in [3.8, 4) is 5.75 Å². The first-order chi connectivity index (χ1) is 9.54. The molecule has 1 aromatic heterocycles. The van der Waals surface area contributed by atoms with Crippen LogP contribution >= 0.6 is 0 Å². The summed E-state index contributed by atoms with van der Waals surface area (Å²) in [6, 6.07) is 9.63. The highest BCUT2D eigenvalue weighted by Gasteiger charge is 2.30. The van der Waals surface area contributed by atoms with Crippen LogP contribution in [0.5, 0.6) is 5.75 Å². The second-order valence-corrected chi connectivity index (χ2v) is 6.96. The van der Waals surface area contributed by atoms with E-state index in [1.807, 2.05) is 30.3 Å². The lowest BCUT2D eigenvalue weighted by Crippen LogP contribution is -2.29. The van der Waals surface area contributed by atoms with Crippen LogP contribution in [-0.4, -0.2) is 43.2 Å². The zero-order valence-corrected chi connectivity index (χ0v) is 12.0. The summed E-state index contributed by atoms with van der Waals surface area (Å²) in [5, 5.41) is 1.02. The first-order valence-electron chi connectivity index (χ1n) is 6.49. The van der Waals surface area contributed by atoms with E-state index in [2.05, 4.69) is 4.98 Å². The molecule has 5 nitrogen and oxygen atoms in total. The number of nitrogens with zero attached hydrogens (tertiary/aromatic N) is 2. The Balaban J connectivity index is 1.81. The van der Waals surface area contributed by atoms with Gasteiger partial charge in [0.25, 0.3) is 0 Å². The van der Waals surface area contributed by atoms with Gasteiger partial charge in [-0.15, -0.1) is 0 Å². The molecule has 1 atom stereocenters. The highest BCUT2D eigenvalue weighted by Crippen LogP contribution is 2.26. The predicted molar refractivity (Wildman–Crippen MR) is 77.2 cm³/mol. The molecule has 0 bridgehead atoms. The molecule has 0 aliphatic carbocycles. The molecule has 3 rings (SSSR count). The second-order valence-electron chi connectivity index (χ2n) is 4.98. The fourth-order valence-electron chi connectivity index (χ4n) is 2.45. The monoisotopic (exact) mass is 292 g/mol. The quantitative estimate of drug-likeness (QED) is 0.863. The predicted octanol–water partition coefficient (Wildman–Crippen LogP) is 1.65. The van der Waals surface area contributed by atoms with Crippen molar-refractivity contribution in [2.45, 2.75) is 12.5 Å². The molecule has 1 aliphatic rings. The Bertz CT molecular complexity index is 725. The summed E-state index contributed by atoms with van der Waals surface area (Å²) in [6.45, 7) is 0.920. The number of hydrogen-bond donors (Lipinski definition) is 0. The van der Waals surface area contributed by atoms with E-state index in [1.165, 1.54) is 10.6 Å². The zero-order valence-electron chi connectivity index (χ0n) is 11.2. The van der Waals surface area contributed by atoms with Gasteiger partial charge in [0.2, 0.25) is 10.0 Å². The number of hydrogen-bond acceptors (Lipinski definition) is 4. The molecular formula is C14H16N2O3S. The topological polar surface area (TPSA) is 59.5 Å². The summed E-state index contributed by atoms with van der Waals surface area (Å²) in [4.78, 5) is 4.33. The number of ether oxygens (including phenoxy) is 1. The Kier molecular flexibility index (Phi) is 3.35. The average molecular weight is 292 g/mol. The third kappa shape index (κ3) is 2.62. The lowest BCUT2D eigenvalue weighted by atomic mass is 10.2. The highest BCUT2D eigenvalue weighted by molar-refractivity contribution is 7.88. The van der Waals surface area contributed by atoms with Gasteiger partial charge in [0.15, 0.2) is 0 Å². The fourth-order valence-corrected chi connectivity index (χ4v) is 3.32. The lowest BCUT2D eigenvalue weighted by Gasteiger charge is -2.16. The standard InChI is InChI=1S/C14H16N2O3S/c1-20(17,18)16-9-7-12(10-16)19-13-6-2-4-11-5-3-8-15-14(11)13/h2-6,8,12H,7,9-10H2,1H3. The van der Waals surface area contributed by atoms with Crippen LogP contribution < -0.4 is 4.74 Å². The maximum Gasteiger partial charge on any atom is 0.211 e. The van der Waals surface area contributed by atoms with Gasteiger partial charge in [-0.05, 0) is 18.6 Å². The maximum absolute atomic E-state index is 11.5. The molecule has 0 amide bonds. The lowest BCUT2D eigenvalue weighted by molar-refractivity contribution is 0.218. The molecule has 1 aliphatic heterocycles. The van der Waals surface area contributed by atoms with Crippen molar-refractivity contribution >= 4 is 20.9 Å². The first-order valence-corrected chi connectivity index (χ1v) is 8.34. The number of benzene rings is 1. The van der Waals surface area contributed by atoms with Crippen LogP contribution in [0.15, 0.2) is 36.5 Å². The number of pyridine rings is 1. The van der Waals surface area contributed by atoms with E-state index in [9.17, 15) is 8.42 Å². The van der Waals surface area contributed by atoms with Crippen LogP contribution in [0, 0.1) is 0 Å². The second kappa shape index (κ2) is 5.03. The van der Waals surface area contributed by atoms with Gasteiger partial charge in [0, 0.05) is 18.1 Å². The molecular weight excluding hydrogens is 276 g/mol. The van der Waals surface area contributed by atoms with Gasteiger partial charge in [0.05, 0.1) is 12.8 Å². The minimum absolute atomic E-state index is 0.114. The minimum Gasteiger partial charge on any atom is -0.487 e. The van der Waals surface area contributed by atoms with Crippen molar-refractivity contribution in [1.82, 2.24) is 9.29 Å². The van der Waals surface area contributed by atoms with E-state index >= 15 is 0 Å². The average Bonchev–Trinajstić information content (AvgIpc) is 2.88. The highest BCUT2D eigenvalue weighted by atomic mass is 32.2. The van der Waals surface area contributed by atoms with Gasteiger partial charge < -0.3 is 4.74 Å². The van der Waals surface area contributed by atoms with Gasteiger partial charge in [-0.25, -0.2) is 8.42 Å². The van der Waals surface area contributed by atoms with Crippen molar-refractivity contribution in [3.05, 3.63) is 36.5 Å². The molecule has 2 heterocycles. The molecule has 6 heteroatoms. The Hall–Kier alpha value is -1.66. The summed E-state index contributed by atoms with van der Waals surface area (Å²) < 4.78 is 30.4. The van der Waals surface area contributed by atoms with E-state index in [0.717, 1.165) is 10.9 Å². The third-order valence-electron chi connectivity index (χ3n) is 3.47. The number of para-hydroxylation sites is 1. The van der Waals surface area contributed by atoms with Crippen molar-refractivity contribution in [3.63, 3.8) is 0 Å². The van der Waals surface area contributed by atoms with Crippen molar-refractivity contribution in [1.29, 1.82) is 0 Å². The number of aromatic nitrogens is 1. The molecule has 0 saturated carbocycles. The molecule has 0 N–H and O–H groups in total. The first kappa shape index (κ1) is 13.3. The Morgan fingerprint density at radius 2 is 2.10 bits per heavy atom. The van der Waals surface area contributed by atoms with E-state index in [0.29, 0.717) is 25.3 Å². The van der Waals surface area contributed by atoms with Gasteiger partial charge in [-0.2, -0.15) is 4.31 Å². The minimum atomic E-state index is -3.13. The van der Waals surface area contributed by atoms with Crippen molar-refractivity contribution in [2.75, 3.05) is 19.3 Å². The summed E-state index contributed by atoms with van der Waals surface area (Å²) in [5.74, 6) is 0.712. The van der Waals surface area contributed by atoms with E-state index in [-0.39, 0.29) is 6.10 Å². The van der Waals surface area contributed by atoms with Crippen LogP contribution in [0.1, 0.15) is 6.42 Å². The molecule has 20 heavy (non-hydrogen) atoms. The molecule has 2 aromatic rings. The number of sulfonamides is 1. The Morgan fingerprint density at radius 3 is 2.85 bits per heavy atom. The summed E-state index contributed by atoms with van der Waals surface area (Å²) in [6.07, 6.45) is 3.55. The summed E-state index contributed by atoms with van der Waals surface area (Å²) in [5.41, 5.74) is 0.813. The van der Waals surface area contributed by atoms with Crippen LogP contribution in [-0.2, 0) is 10.0 Å². The molecule has 0 radical (unpaired) electrons. The smallest absolute Gasteiger partial charge is 0.211 e. The Labute approximate surface area is 118 Å². The molecule has 0 spiro atoms. The van der Waals surface area contributed by atoms with E-state index in [4.69, 9.17) is 4.74 Å². The van der Waals surface area contributed by atoms with E-state index < -0.39 is 10.0 Å². The number of fused-ring (bicyclic) bond motifs is 1. The van der Waals surface area contributed by atoms with Crippen LogP contribution in [0.4, 0.5) is 0 Å². The summed E-state index contributed by atoms with van der Waals surface area (Å²) in [7, 11) is -3.13. The Morgan fingerprint density at radius 1 is 1.30 bits per heavy atom. The van der Waals surface area contributed by atoms with Crippen molar-refractivity contribution < 1.29 is 13.2 Å². The fraction of sp³-hybridized carbons (Fsp3) is 0.357. The van der Waals surface area contributed by atoms with Crippen molar-refractivity contribution in [2.24, 2.45) is 0 Å². The largest absolute Gasteiger partial charge is 0.487 e. The van der Waals surface area contributed by atoms with E-state index in [1.54, 1.807) is 6.20 Å². The maximum atomic E-state index is 11.5. The normalized spacial score (nSPS) is 20.4. The SMILES string of the molecule is CS(=O)(=O)N1CCC(Oc2cccc3cccnc23)C1. The van der Waals surface area contributed by atoms with Crippen LogP contribution in [0.3, 0.4) is 0 Å². The third-order valence-corrected chi connectivity index (χ3v) is 4.74. The summed E-state index contributed by atoms with van der Waals surface area (Å²) >= 11 is 0. The molecule has 1 aromatic carbocycles. The molecule has 1 fully saturated rings. The molecule has 1 unspecified atom stereocenters. The van der Waals surface area contributed by atoms with Gasteiger partial charge in [-0.3, -0.25) is 4.98 Å². The molecule has 1 saturated heterocycles. The van der Waals surface area contributed by atoms with Crippen LogP contribution in [0.2, 0.25) is 0 Å². The van der Waals surface area contributed by atoms with Gasteiger partial charge >= 0.3 is 0 Å².